The van der Waals surface area contributed by atoms with Crippen LogP contribution < -0.4 is 10.1 Å². The molecule has 1 aliphatic heterocycles. The molecule has 0 bridgehead atoms. The molecule has 0 aliphatic carbocycles. The van der Waals surface area contributed by atoms with Gasteiger partial charge in [0.15, 0.2) is 6.61 Å². The first-order valence-electron chi connectivity index (χ1n) is 9.23. The first-order chi connectivity index (χ1) is 14.2. The second-order valence-electron chi connectivity index (χ2n) is 6.86. The number of pyridine rings is 1. The molecule has 2 aromatic rings. The number of anilines is 1. The molecule has 1 fully saturated rings. The van der Waals surface area contributed by atoms with E-state index in [0.29, 0.717) is 25.1 Å². The maximum absolute atomic E-state index is 12.8. The first kappa shape index (κ1) is 21.9. The Labute approximate surface area is 176 Å². The van der Waals surface area contributed by atoms with Crippen LogP contribution in [-0.2, 0) is 4.79 Å². The molecule has 1 aliphatic rings. The summed E-state index contributed by atoms with van der Waals surface area (Å²) in [5.41, 5.74) is 0.792. The van der Waals surface area contributed by atoms with E-state index in [1.807, 2.05) is 18.2 Å². The van der Waals surface area contributed by atoms with Gasteiger partial charge in [0.05, 0.1) is 11.5 Å². The predicted molar refractivity (Wildman–Crippen MR) is 104 cm³/mol. The minimum absolute atomic E-state index is 0.114. The number of aromatic nitrogens is 1. The van der Waals surface area contributed by atoms with Gasteiger partial charge in [-0.3, -0.25) is 9.59 Å². The van der Waals surface area contributed by atoms with E-state index in [1.165, 1.54) is 11.0 Å². The van der Waals surface area contributed by atoms with Gasteiger partial charge in [-0.2, -0.15) is 13.2 Å². The average molecular weight is 442 g/mol. The van der Waals surface area contributed by atoms with Crippen LogP contribution in [0.15, 0.2) is 42.6 Å². The van der Waals surface area contributed by atoms with Crippen molar-refractivity contribution < 1.29 is 27.5 Å². The van der Waals surface area contributed by atoms with E-state index in [4.69, 9.17) is 11.6 Å². The van der Waals surface area contributed by atoms with Gasteiger partial charge in [-0.15, -0.1) is 0 Å². The van der Waals surface area contributed by atoms with E-state index >= 15 is 0 Å². The van der Waals surface area contributed by atoms with Crippen LogP contribution in [0.2, 0.25) is 5.02 Å². The van der Waals surface area contributed by atoms with Crippen molar-refractivity contribution >= 4 is 29.1 Å². The molecule has 1 atom stereocenters. The van der Waals surface area contributed by atoms with Crippen LogP contribution in [0.5, 0.6) is 5.88 Å². The number of carbonyl (C=O) groups excluding carboxylic acids is 2. The highest BCUT2D eigenvalue weighted by Crippen LogP contribution is 2.26. The molecule has 3 rings (SSSR count). The van der Waals surface area contributed by atoms with E-state index in [2.05, 4.69) is 15.0 Å². The van der Waals surface area contributed by atoms with Crippen LogP contribution in [0.25, 0.3) is 0 Å². The van der Waals surface area contributed by atoms with Crippen LogP contribution in [0.1, 0.15) is 23.2 Å². The molecule has 6 nitrogen and oxygen atoms in total. The summed E-state index contributed by atoms with van der Waals surface area (Å²) in [5, 5.41) is 2.64. The zero-order valence-corrected chi connectivity index (χ0v) is 16.5. The third kappa shape index (κ3) is 5.85. The van der Waals surface area contributed by atoms with Crippen molar-refractivity contribution in [2.45, 2.75) is 19.0 Å². The van der Waals surface area contributed by atoms with Crippen molar-refractivity contribution in [1.82, 2.24) is 9.88 Å². The lowest BCUT2D eigenvalue weighted by Gasteiger charge is -2.32. The number of nitrogens with zero attached hydrogens (tertiary/aromatic N) is 2. The molecule has 1 N–H and O–H groups in total. The molecular weight excluding hydrogens is 423 g/mol. The van der Waals surface area contributed by atoms with Gasteiger partial charge in [0, 0.05) is 25.0 Å². The zero-order chi connectivity index (χ0) is 21.7. The van der Waals surface area contributed by atoms with Gasteiger partial charge in [0.2, 0.25) is 11.8 Å². The van der Waals surface area contributed by atoms with Gasteiger partial charge in [-0.05, 0) is 31.0 Å². The van der Waals surface area contributed by atoms with E-state index in [0.717, 1.165) is 6.20 Å². The first-order valence-corrected chi connectivity index (χ1v) is 9.61. The molecular formula is C20H19ClF3N3O3. The molecule has 1 saturated heterocycles. The van der Waals surface area contributed by atoms with E-state index in [9.17, 15) is 22.8 Å². The number of hydrogen-bond donors (Lipinski definition) is 1. The smallest absolute Gasteiger partial charge is 0.422 e. The fourth-order valence-electron chi connectivity index (χ4n) is 3.12. The average Bonchev–Trinajstić information content (AvgIpc) is 2.72. The highest BCUT2D eigenvalue weighted by molar-refractivity contribution is 6.32. The van der Waals surface area contributed by atoms with Crippen LogP contribution in [-0.4, -0.2) is 47.6 Å². The van der Waals surface area contributed by atoms with Gasteiger partial charge in [-0.25, -0.2) is 4.98 Å². The summed E-state index contributed by atoms with van der Waals surface area (Å²) < 4.78 is 41.4. The van der Waals surface area contributed by atoms with Gasteiger partial charge < -0.3 is 15.0 Å². The molecule has 0 radical (unpaired) electrons. The number of hydrogen-bond acceptors (Lipinski definition) is 4. The fraction of sp³-hybridized carbons (Fsp3) is 0.350. The lowest BCUT2D eigenvalue weighted by atomic mass is 9.96. The Morgan fingerprint density at radius 3 is 2.67 bits per heavy atom. The number of rotatable bonds is 5. The minimum Gasteiger partial charge on any atom is -0.467 e. The van der Waals surface area contributed by atoms with Crippen molar-refractivity contribution in [3.63, 3.8) is 0 Å². The van der Waals surface area contributed by atoms with Crippen LogP contribution in [0, 0.1) is 5.92 Å². The Kier molecular flexibility index (Phi) is 6.81. The Morgan fingerprint density at radius 2 is 2.00 bits per heavy atom. The number of carbonyl (C=O) groups is 2. The van der Waals surface area contributed by atoms with Gasteiger partial charge in [-0.1, -0.05) is 29.8 Å². The SMILES string of the molecule is O=C(Nc1ccccc1)C1CCCN(C(=O)c2cnc(OCC(F)(F)F)c(Cl)c2)C1. The van der Waals surface area contributed by atoms with Gasteiger partial charge >= 0.3 is 6.18 Å². The van der Waals surface area contributed by atoms with Gasteiger partial charge in [0.1, 0.15) is 5.02 Å². The summed E-state index contributed by atoms with van der Waals surface area (Å²) in [6, 6.07) is 10.2. The number of benzene rings is 1. The number of ether oxygens (including phenoxy) is 1. The highest BCUT2D eigenvalue weighted by atomic mass is 35.5. The number of amides is 2. The number of likely N-dealkylation sites (tertiary alicyclic amines) is 1. The minimum atomic E-state index is -4.53. The van der Waals surface area contributed by atoms with E-state index in [-0.39, 0.29) is 29.0 Å². The highest BCUT2D eigenvalue weighted by Gasteiger charge is 2.31. The maximum atomic E-state index is 12.8. The molecule has 30 heavy (non-hydrogen) atoms. The third-order valence-electron chi connectivity index (χ3n) is 4.55. The van der Waals surface area contributed by atoms with E-state index in [1.54, 1.807) is 12.1 Å². The predicted octanol–water partition coefficient (Wildman–Crippen LogP) is 4.17. The second kappa shape index (κ2) is 9.34. The number of nitrogens with one attached hydrogen (secondary N) is 1. The Balaban J connectivity index is 1.63. The maximum Gasteiger partial charge on any atom is 0.422 e. The fourth-order valence-corrected chi connectivity index (χ4v) is 3.34. The Morgan fingerprint density at radius 1 is 1.27 bits per heavy atom. The Hall–Kier alpha value is -2.81. The van der Waals surface area contributed by atoms with E-state index < -0.39 is 24.6 Å². The number of alkyl halides is 3. The summed E-state index contributed by atoms with van der Waals surface area (Å²) in [6.07, 6.45) is -2.12. The topological polar surface area (TPSA) is 71.5 Å². The molecule has 0 saturated carbocycles. The summed E-state index contributed by atoms with van der Waals surface area (Å²) in [4.78, 5) is 30.6. The van der Waals surface area contributed by atoms with Crippen molar-refractivity contribution in [1.29, 1.82) is 0 Å². The molecule has 10 heteroatoms. The normalized spacial score (nSPS) is 16.8. The molecule has 0 spiro atoms. The zero-order valence-electron chi connectivity index (χ0n) is 15.8. The molecule has 2 amide bonds. The summed E-state index contributed by atoms with van der Waals surface area (Å²) in [7, 11) is 0. The van der Waals surface area contributed by atoms with Crippen molar-refractivity contribution in [3.8, 4) is 5.88 Å². The molecule has 1 unspecified atom stereocenters. The summed E-state index contributed by atoms with van der Waals surface area (Å²) >= 11 is 5.92. The molecule has 1 aromatic heterocycles. The molecule has 1 aromatic carbocycles. The second-order valence-corrected chi connectivity index (χ2v) is 7.27. The van der Waals surface area contributed by atoms with Crippen LogP contribution in [0.3, 0.4) is 0 Å². The largest absolute Gasteiger partial charge is 0.467 e. The third-order valence-corrected chi connectivity index (χ3v) is 4.82. The van der Waals surface area contributed by atoms with Gasteiger partial charge in [0.25, 0.3) is 5.91 Å². The summed E-state index contributed by atoms with van der Waals surface area (Å²) in [6.45, 7) is -0.851. The quantitative estimate of drug-likeness (QED) is 0.756. The van der Waals surface area contributed by atoms with Crippen LogP contribution >= 0.6 is 11.6 Å². The number of para-hydroxylation sites is 1. The van der Waals surface area contributed by atoms with Crippen molar-refractivity contribution in [3.05, 3.63) is 53.2 Å². The lowest BCUT2D eigenvalue weighted by Crippen LogP contribution is -2.43. The van der Waals surface area contributed by atoms with Crippen molar-refractivity contribution in [2.24, 2.45) is 5.92 Å². The molecule has 160 valence electrons. The van der Waals surface area contributed by atoms with Crippen molar-refractivity contribution in [2.75, 3.05) is 25.0 Å². The standard InChI is InChI=1S/C20H19ClF3N3O3/c21-16-9-14(10-25-18(16)30-12-20(22,23)24)19(29)27-8-4-5-13(11-27)17(28)26-15-6-2-1-3-7-15/h1-3,6-7,9-10,13H,4-5,8,11-12H2,(H,26,28). The lowest BCUT2D eigenvalue weighted by molar-refractivity contribution is -0.154. The number of piperidine rings is 1. The van der Waals surface area contributed by atoms with Crippen LogP contribution in [0.4, 0.5) is 18.9 Å². The Bertz CT molecular complexity index is 909. The number of halogens is 4. The molecule has 2 heterocycles. The monoisotopic (exact) mass is 441 g/mol. The summed E-state index contributed by atoms with van der Waals surface area (Å²) in [5.74, 6) is -1.35.